The second-order valence-electron chi connectivity index (χ2n) is 3.58. The lowest BCUT2D eigenvalue weighted by Crippen LogP contribution is -2.36. The van der Waals surface area contributed by atoms with Gasteiger partial charge in [-0.2, -0.15) is 0 Å². The van der Waals surface area contributed by atoms with Crippen molar-refractivity contribution in [3.05, 3.63) is 0 Å². The molecule has 0 aromatic rings. The van der Waals surface area contributed by atoms with E-state index < -0.39 is 5.97 Å². The van der Waals surface area contributed by atoms with Crippen LogP contribution in [-0.2, 0) is 4.79 Å². The molecule has 0 spiro atoms. The van der Waals surface area contributed by atoms with Gasteiger partial charge >= 0.3 is 5.97 Å². The van der Waals surface area contributed by atoms with Gasteiger partial charge in [0.2, 0.25) is 0 Å². The van der Waals surface area contributed by atoms with Crippen LogP contribution in [0.4, 0.5) is 0 Å². The predicted octanol–water partition coefficient (Wildman–Crippen LogP) is 0.602. The molecule has 1 saturated carbocycles. The zero-order chi connectivity index (χ0) is 7.84. The van der Waals surface area contributed by atoms with Crippen molar-refractivity contribution >= 4 is 5.97 Å². The summed E-state index contributed by atoms with van der Waals surface area (Å²) in [5.41, 5.74) is 0. The highest BCUT2D eigenvalue weighted by atomic mass is 16.4. The van der Waals surface area contributed by atoms with Gasteiger partial charge in [-0.1, -0.05) is 0 Å². The molecule has 0 unspecified atom stereocenters. The molecular formula is C8H13NO2. The lowest BCUT2D eigenvalue weighted by atomic mass is 10.1. The Hall–Kier alpha value is -0.570. The van der Waals surface area contributed by atoms with E-state index in [0.29, 0.717) is 6.04 Å². The third-order valence-electron chi connectivity index (χ3n) is 2.67. The zero-order valence-corrected chi connectivity index (χ0v) is 6.42. The monoisotopic (exact) mass is 155 g/mol. The first-order chi connectivity index (χ1) is 5.27. The fourth-order valence-electron chi connectivity index (χ4n) is 1.84. The maximum Gasteiger partial charge on any atom is 0.320 e. The van der Waals surface area contributed by atoms with Crippen molar-refractivity contribution in [3.63, 3.8) is 0 Å². The zero-order valence-electron chi connectivity index (χ0n) is 6.42. The summed E-state index contributed by atoms with van der Waals surface area (Å²) in [5, 5.41) is 11.8. The largest absolute Gasteiger partial charge is 0.480 e. The molecule has 3 heteroatoms. The first-order valence-electron chi connectivity index (χ1n) is 4.26. The Kier molecular flexibility index (Phi) is 1.60. The molecule has 1 aliphatic heterocycles. The Morgan fingerprint density at radius 2 is 2.00 bits per heavy atom. The quantitative estimate of drug-likeness (QED) is 0.614. The van der Waals surface area contributed by atoms with Gasteiger partial charge in [-0.15, -0.1) is 0 Å². The van der Waals surface area contributed by atoms with Crippen molar-refractivity contribution in [2.24, 2.45) is 5.92 Å². The minimum Gasteiger partial charge on any atom is -0.480 e. The summed E-state index contributed by atoms with van der Waals surface area (Å²) >= 11 is 0. The summed E-state index contributed by atoms with van der Waals surface area (Å²) in [4.78, 5) is 10.5. The van der Waals surface area contributed by atoms with Crippen molar-refractivity contribution in [2.75, 3.05) is 0 Å². The molecule has 0 aromatic carbocycles. The van der Waals surface area contributed by atoms with Crippen molar-refractivity contribution in [1.82, 2.24) is 5.32 Å². The first kappa shape index (κ1) is 7.10. The van der Waals surface area contributed by atoms with Crippen molar-refractivity contribution < 1.29 is 9.90 Å². The third kappa shape index (κ3) is 1.38. The van der Waals surface area contributed by atoms with E-state index in [9.17, 15) is 4.79 Å². The second kappa shape index (κ2) is 2.48. The molecule has 1 heterocycles. The average Bonchev–Trinajstić information content (AvgIpc) is 2.68. The summed E-state index contributed by atoms with van der Waals surface area (Å²) in [5.74, 6) is 0.104. The van der Waals surface area contributed by atoms with Crippen LogP contribution >= 0.6 is 0 Å². The van der Waals surface area contributed by atoms with Crippen molar-refractivity contribution in [3.8, 4) is 0 Å². The van der Waals surface area contributed by atoms with Gasteiger partial charge in [0.05, 0.1) is 0 Å². The van der Waals surface area contributed by atoms with E-state index in [1.54, 1.807) is 0 Å². The van der Waals surface area contributed by atoms with Gasteiger partial charge < -0.3 is 10.4 Å². The lowest BCUT2D eigenvalue weighted by molar-refractivity contribution is -0.139. The third-order valence-corrected chi connectivity index (χ3v) is 2.67. The van der Waals surface area contributed by atoms with Crippen LogP contribution in [0.5, 0.6) is 0 Å². The number of carboxylic acid groups (broad SMARTS) is 1. The number of hydrogen-bond acceptors (Lipinski definition) is 2. The summed E-state index contributed by atoms with van der Waals surface area (Å²) in [7, 11) is 0. The Morgan fingerprint density at radius 1 is 1.27 bits per heavy atom. The molecule has 1 aliphatic carbocycles. The fraction of sp³-hybridized carbons (Fsp3) is 0.875. The SMILES string of the molecule is O=C(O)[C@H]1CC[C@H](C2CC2)N1. The molecule has 2 N–H and O–H groups in total. The molecule has 2 rings (SSSR count). The molecule has 1 saturated heterocycles. The fourth-order valence-corrected chi connectivity index (χ4v) is 1.84. The molecule has 11 heavy (non-hydrogen) atoms. The Morgan fingerprint density at radius 3 is 2.45 bits per heavy atom. The van der Waals surface area contributed by atoms with E-state index in [1.807, 2.05) is 0 Å². The smallest absolute Gasteiger partial charge is 0.320 e. The van der Waals surface area contributed by atoms with Gasteiger partial charge in [-0.05, 0) is 31.6 Å². The Labute approximate surface area is 65.8 Å². The van der Waals surface area contributed by atoms with Crippen LogP contribution in [0.25, 0.3) is 0 Å². The van der Waals surface area contributed by atoms with Crippen molar-refractivity contribution in [1.29, 1.82) is 0 Å². The Balaban J connectivity index is 1.87. The number of carbonyl (C=O) groups is 1. The van der Waals surface area contributed by atoms with Gasteiger partial charge in [0, 0.05) is 6.04 Å². The van der Waals surface area contributed by atoms with Crippen LogP contribution < -0.4 is 5.32 Å². The average molecular weight is 155 g/mol. The van der Waals surface area contributed by atoms with E-state index in [4.69, 9.17) is 5.11 Å². The van der Waals surface area contributed by atoms with Crippen LogP contribution in [0.1, 0.15) is 25.7 Å². The normalized spacial score (nSPS) is 37.5. The Bertz CT molecular complexity index is 177. The van der Waals surface area contributed by atoms with E-state index in [2.05, 4.69) is 5.32 Å². The maximum atomic E-state index is 10.5. The maximum absolute atomic E-state index is 10.5. The van der Waals surface area contributed by atoms with Crippen molar-refractivity contribution in [2.45, 2.75) is 37.8 Å². The number of aliphatic carboxylic acids is 1. The summed E-state index contributed by atoms with van der Waals surface area (Å²) in [6.45, 7) is 0. The molecule has 0 aromatic heterocycles. The van der Waals surface area contributed by atoms with E-state index in [0.717, 1.165) is 18.8 Å². The summed E-state index contributed by atoms with van der Waals surface area (Å²) in [6, 6.07) is 0.247. The predicted molar refractivity (Wildman–Crippen MR) is 40.3 cm³/mol. The molecule has 0 amide bonds. The molecule has 2 aliphatic rings. The second-order valence-corrected chi connectivity index (χ2v) is 3.58. The van der Waals surface area contributed by atoms with E-state index in [1.165, 1.54) is 12.8 Å². The summed E-state index contributed by atoms with van der Waals surface area (Å²) < 4.78 is 0. The van der Waals surface area contributed by atoms with Crippen LogP contribution in [0.3, 0.4) is 0 Å². The minimum absolute atomic E-state index is 0.263. The van der Waals surface area contributed by atoms with E-state index in [-0.39, 0.29) is 6.04 Å². The summed E-state index contributed by atoms with van der Waals surface area (Å²) in [6.07, 6.45) is 4.46. The molecule has 62 valence electrons. The van der Waals surface area contributed by atoms with Crippen LogP contribution in [-0.4, -0.2) is 23.2 Å². The first-order valence-corrected chi connectivity index (χ1v) is 4.26. The number of carboxylic acids is 1. The molecule has 0 radical (unpaired) electrons. The van der Waals surface area contributed by atoms with Gasteiger partial charge in [0.25, 0.3) is 0 Å². The van der Waals surface area contributed by atoms with Gasteiger partial charge in [-0.3, -0.25) is 4.79 Å². The van der Waals surface area contributed by atoms with Crippen LogP contribution in [0, 0.1) is 5.92 Å². The number of rotatable bonds is 2. The molecule has 0 bridgehead atoms. The van der Waals surface area contributed by atoms with Crippen LogP contribution in [0.15, 0.2) is 0 Å². The minimum atomic E-state index is -0.687. The molecule has 3 nitrogen and oxygen atoms in total. The topological polar surface area (TPSA) is 49.3 Å². The molecule has 2 atom stereocenters. The van der Waals surface area contributed by atoms with Crippen LogP contribution in [0.2, 0.25) is 0 Å². The van der Waals surface area contributed by atoms with Gasteiger partial charge in [0.15, 0.2) is 0 Å². The number of hydrogen-bond donors (Lipinski definition) is 2. The number of nitrogens with one attached hydrogen (secondary N) is 1. The molecule has 2 fully saturated rings. The van der Waals surface area contributed by atoms with E-state index >= 15 is 0 Å². The van der Waals surface area contributed by atoms with Gasteiger partial charge in [0.1, 0.15) is 6.04 Å². The van der Waals surface area contributed by atoms with Gasteiger partial charge in [-0.25, -0.2) is 0 Å². The highest BCUT2D eigenvalue weighted by Gasteiger charge is 2.38. The standard InChI is InChI=1S/C8H13NO2/c10-8(11)7-4-3-6(9-7)5-1-2-5/h5-7,9H,1-4H2,(H,10,11)/t6-,7-/m1/s1. The lowest BCUT2D eigenvalue weighted by Gasteiger charge is -2.09. The molecular weight excluding hydrogens is 142 g/mol. The highest BCUT2D eigenvalue weighted by molar-refractivity contribution is 5.73. The highest BCUT2D eigenvalue weighted by Crippen LogP contribution is 2.37.